The highest BCUT2D eigenvalue weighted by atomic mass is 16.4. The summed E-state index contributed by atoms with van der Waals surface area (Å²) in [5, 5.41) is 13.3. The van der Waals surface area contributed by atoms with Gasteiger partial charge in [0.2, 0.25) is 5.91 Å². The van der Waals surface area contributed by atoms with Gasteiger partial charge in [-0.3, -0.25) is 4.79 Å². The summed E-state index contributed by atoms with van der Waals surface area (Å²) < 4.78 is 0. The zero-order chi connectivity index (χ0) is 22.5. The Labute approximate surface area is 189 Å². The number of rotatable bonds is 7. The van der Waals surface area contributed by atoms with Crippen molar-refractivity contribution in [3.63, 3.8) is 0 Å². The van der Waals surface area contributed by atoms with E-state index in [0.717, 1.165) is 44.6 Å². The van der Waals surface area contributed by atoms with Gasteiger partial charge in [-0.25, -0.2) is 9.78 Å². The molecule has 32 heavy (non-hydrogen) atoms. The number of aromatic carboxylic acids is 1. The summed E-state index contributed by atoms with van der Waals surface area (Å²) in [6, 6.07) is 7.65. The second-order valence-electron chi connectivity index (χ2n) is 9.03. The van der Waals surface area contributed by atoms with Crippen molar-refractivity contribution in [1.82, 2.24) is 9.88 Å². The number of nitrogens with one attached hydrogen (secondary N) is 1. The molecule has 172 valence electrons. The second kappa shape index (κ2) is 10.3. The highest BCUT2D eigenvalue weighted by molar-refractivity contribution is 6.05. The van der Waals surface area contributed by atoms with Crippen molar-refractivity contribution < 1.29 is 14.7 Å². The predicted octanol–water partition coefficient (Wildman–Crippen LogP) is 4.52. The zero-order valence-electron chi connectivity index (χ0n) is 19.0. The summed E-state index contributed by atoms with van der Waals surface area (Å²) in [4.78, 5) is 33.8. The third kappa shape index (κ3) is 5.21. The molecule has 1 aromatic carbocycles. The molecule has 7 heteroatoms. The van der Waals surface area contributed by atoms with Gasteiger partial charge < -0.3 is 20.2 Å². The lowest BCUT2D eigenvalue weighted by molar-refractivity contribution is -0.116. The minimum atomic E-state index is -0.976. The molecule has 2 N–H and O–H groups in total. The predicted molar refractivity (Wildman–Crippen MR) is 128 cm³/mol. The average Bonchev–Trinajstić information content (AvgIpc) is 2.82. The molecule has 7 nitrogen and oxygen atoms in total. The number of carboxylic acid groups (broad SMARTS) is 1. The number of carboxylic acids is 1. The Morgan fingerprint density at radius 1 is 1.09 bits per heavy atom. The zero-order valence-corrected chi connectivity index (χ0v) is 19.0. The number of unbranched alkanes of at least 4 members (excludes halogenated alkanes) is 1. The maximum absolute atomic E-state index is 12.1. The highest BCUT2D eigenvalue weighted by Crippen LogP contribution is 2.29. The average molecular weight is 439 g/mol. The number of nitrogens with zero attached hydrogens (tertiary/aromatic N) is 3. The van der Waals surface area contributed by atoms with Crippen LogP contribution < -0.4 is 10.2 Å². The van der Waals surface area contributed by atoms with Crippen LogP contribution in [0.1, 0.15) is 68.6 Å². The van der Waals surface area contributed by atoms with Gasteiger partial charge in [0.1, 0.15) is 5.82 Å². The number of fused-ring (bicyclic) bond motifs is 1. The minimum Gasteiger partial charge on any atom is -0.478 e. The van der Waals surface area contributed by atoms with Gasteiger partial charge >= 0.3 is 5.97 Å². The van der Waals surface area contributed by atoms with Crippen LogP contribution in [0.3, 0.4) is 0 Å². The van der Waals surface area contributed by atoms with E-state index in [1.165, 1.54) is 32.4 Å². The molecule has 0 radical (unpaired) electrons. The summed E-state index contributed by atoms with van der Waals surface area (Å²) in [6.07, 6.45) is 8.37. The first kappa shape index (κ1) is 22.5. The van der Waals surface area contributed by atoms with E-state index in [9.17, 15) is 14.7 Å². The largest absolute Gasteiger partial charge is 0.478 e. The van der Waals surface area contributed by atoms with Crippen molar-refractivity contribution in [3.05, 3.63) is 29.8 Å². The fraction of sp³-hybridized carbons (Fsp3) is 0.560. The number of benzene rings is 1. The van der Waals surface area contributed by atoms with Gasteiger partial charge in [0.15, 0.2) is 0 Å². The van der Waals surface area contributed by atoms with Crippen LogP contribution >= 0.6 is 0 Å². The highest BCUT2D eigenvalue weighted by Gasteiger charge is 2.27. The number of aromatic nitrogens is 1. The van der Waals surface area contributed by atoms with Gasteiger partial charge in [-0.15, -0.1) is 0 Å². The van der Waals surface area contributed by atoms with Crippen molar-refractivity contribution in [1.29, 1.82) is 0 Å². The Bertz CT molecular complexity index is 963. The first-order chi connectivity index (χ1) is 15.5. The van der Waals surface area contributed by atoms with Crippen LogP contribution in [0, 0.1) is 0 Å². The van der Waals surface area contributed by atoms with Crippen LogP contribution in [0.4, 0.5) is 11.5 Å². The molecule has 0 unspecified atom stereocenters. The van der Waals surface area contributed by atoms with E-state index in [-0.39, 0.29) is 11.5 Å². The number of piperidine rings is 2. The van der Waals surface area contributed by atoms with Crippen LogP contribution in [0.25, 0.3) is 10.9 Å². The molecule has 3 heterocycles. The molecule has 1 amide bonds. The third-order valence-corrected chi connectivity index (χ3v) is 6.76. The van der Waals surface area contributed by atoms with E-state index in [4.69, 9.17) is 4.98 Å². The summed E-state index contributed by atoms with van der Waals surface area (Å²) in [6.45, 7) is 6.25. The van der Waals surface area contributed by atoms with Crippen molar-refractivity contribution in [2.24, 2.45) is 0 Å². The van der Waals surface area contributed by atoms with Gasteiger partial charge in [0.05, 0.1) is 11.1 Å². The number of hydrogen-bond acceptors (Lipinski definition) is 5. The fourth-order valence-electron chi connectivity index (χ4n) is 4.93. The summed E-state index contributed by atoms with van der Waals surface area (Å²) >= 11 is 0. The van der Waals surface area contributed by atoms with Gasteiger partial charge in [0, 0.05) is 36.6 Å². The quantitative estimate of drug-likeness (QED) is 0.661. The van der Waals surface area contributed by atoms with Gasteiger partial charge in [0.25, 0.3) is 0 Å². The Balaban J connectivity index is 1.51. The normalized spacial score (nSPS) is 18.1. The van der Waals surface area contributed by atoms with Crippen LogP contribution in [0.2, 0.25) is 0 Å². The maximum atomic E-state index is 12.1. The molecule has 0 aliphatic carbocycles. The molecule has 2 aliphatic heterocycles. The molecule has 2 saturated heterocycles. The molecule has 2 fully saturated rings. The lowest BCUT2D eigenvalue weighted by Gasteiger charge is -2.40. The van der Waals surface area contributed by atoms with E-state index in [1.54, 1.807) is 24.3 Å². The van der Waals surface area contributed by atoms with E-state index in [0.29, 0.717) is 29.1 Å². The van der Waals surface area contributed by atoms with Crippen LogP contribution in [-0.4, -0.2) is 59.1 Å². The molecular formula is C25H34N4O3. The molecule has 0 atom stereocenters. The Hall–Kier alpha value is -2.67. The van der Waals surface area contributed by atoms with Crippen LogP contribution in [-0.2, 0) is 4.79 Å². The van der Waals surface area contributed by atoms with Crippen molar-refractivity contribution >= 4 is 34.3 Å². The van der Waals surface area contributed by atoms with E-state index < -0.39 is 5.97 Å². The smallest absolute Gasteiger partial charge is 0.336 e. The first-order valence-corrected chi connectivity index (χ1v) is 12.0. The number of carbonyl (C=O) groups excluding carboxylic acids is 1. The first-order valence-electron chi connectivity index (χ1n) is 12.0. The van der Waals surface area contributed by atoms with Crippen molar-refractivity contribution in [2.75, 3.05) is 36.4 Å². The molecule has 2 aliphatic rings. The summed E-state index contributed by atoms with van der Waals surface area (Å²) in [7, 11) is 0. The number of amides is 1. The van der Waals surface area contributed by atoms with Crippen molar-refractivity contribution in [2.45, 2.75) is 64.3 Å². The monoisotopic (exact) mass is 438 g/mol. The molecule has 0 spiro atoms. The molecular weight excluding hydrogens is 404 g/mol. The molecule has 1 aromatic heterocycles. The standard InChI is InChI=1S/C25H34N4O3/c1-2-3-7-24(30)26-18-8-9-22-20(16-18)21(25(31)32)17-23(27-22)29-14-10-19(11-15-29)28-12-5-4-6-13-28/h8-9,16-17,19H,2-7,10-15H2,1H3,(H,26,30)(H,31,32). The van der Waals surface area contributed by atoms with E-state index in [1.807, 2.05) is 6.92 Å². The molecule has 2 aromatic rings. The number of pyridine rings is 1. The number of anilines is 2. The number of carbonyl (C=O) groups is 2. The fourth-order valence-corrected chi connectivity index (χ4v) is 4.93. The van der Waals surface area contributed by atoms with Crippen molar-refractivity contribution in [3.8, 4) is 0 Å². The van der Waals surface area contributed by atoms with Crippen LogP contribution in [0.5, 0.6) is 0 Å². The second-order valence-corrected chi connectivity index (χ2v) is 9.03. The third-order valence-electron chi connectivity index (χ3n) is 6.76. The minimum absolute atomic E-state index is 0.0516. The summed E-state index contributed by atoms with van der Waals surface area (Å²) in [5.74, 6) is -0.299. The SMILES string of the molecule is CCCCC(=O)Nc1ccc2nc(N3CCC(N4CCCCC4)CC3)cc(C(=O)O)c2c1. The lowest BCUT2D eigenvalue weighted by atomic mass is 9.99. The number of likely N-dealkylation sites (tertiary alicyclic amines) is 1. The number of hydrogen-bond donors (Lipinski definition) is 2. The summed E-state index contributed by atoms with van der Waals surface area (Å²) in [5.41, 5.74) is 1.48. The Morgan fingerprint density at radius 3 is 2.53 bits per heavy atom. The molecule has 0 saturated carbocycles. The van der Waals surface area contributed by atoms with Gasteiger partial charge in [-0.1, -0.05) is 19.8 Å². The maximum Gasteiger partial charge on any atom is 0.336 e. The van der Waals surface area contributed by atoms with Gasteiger partial charge in [-0.05, 0) is 69.5 Å². The lowest BCUT2D eigenvalue weighted by Crippen LogP contribution is -2.47. The topological polar surface area (TPSA) is 85.8 Å². The molecule has 4 rings (SSSR count). The Morgan fingerprint density at radius 2 is 1.84 bits per heavy atom. The molecule has 0 bridgehead atoms. The van der Waals surface area contributed by atoms with E-state index >= 15 is 0 Å². The Kier molecular flexibility index (Phi) is 7.25. The van der Waals surface area contributed by atoms with Gasteiger partial charge in [-0.2, -0.15) is 0 Å². The van der Waals surface area contributed by atoms with Crippen LogP contribution in [0.15, 0.2) is 24.3 Å². The van der Waals surface area contributed by atoms with E-state index in [2.05, 4.69) is 15.1 Å².